The molecule has 2 fully saturated rings. The average Bonchev–Trinajstić information content (AvgIpc) is 2.99. The van der Waals surface area contributed by atoms with E-state index in [2.05, 4.69) is 18.3 Å². The first-order chi connectivity index (χ1) is 9.83. The van der Waals surface area contributed by atoms with E-state index in [1.807, 2.05) is 6.26 Å². The van der Waals surface area contributed by atoms with Crippen LogP contribution in [0.5, 0.6) is 0 Å². The summed E-state index contributed by atoms with van der Waals surface area (Å²) in [6.45, 7) is 5.68. The smallest absolute Gasteiger partial charge is 0.0950 e. The van der Waals surface area contributed by atoms with Gasteiger partial charge in [0.05, 0.1) is 18.1 Å². The molecule has 4 nitrogen and oxygen atoms in total. The summed E-state index contributed by atoms with van der Waals surface area (Å²) in [5, 5.41) is 3.63. The molecule has 0 aliphatic carbocycles. The molecular weight excluding hydrogens is 254 g/mol. The van der Waals surface area contributed by atoms with Crippen LogP contribution in [0.1, 0.15) is 44.2 Å². The van der Waals surface area contributed by atoms with Gasteiger partial charge in [0.15, 0.2) is 0 Å². The van der Waals surface area contributed by atoms with E-state index in [9.17, 15) is 0 Å². The lowest BCUT2D eigenvalue weighted by molar-refractivity contribution is -0.150. The number of furan rings is 1. The third kappa shape index (κ3) is 2.92. The van der Waals surface area contributed by atoms with Gasteiger partial charge in [0, 0.05) is 31.4 Å². The van der Waals surface area contributed by atoms with Crippen molar-refractivity contribution in [3.05, 3.63) is 24.2 Å². The molecule has 2 unspecified atom stereocenters. The second-order valence-corrected chi connectivity index (χ2v) is 5.99. The standard InChI is InChI=1S/C16H25NO3/c1-2-17-15(14-3-7-19-12-14)13-4-8-20-16(11-13)5-9-18-10-6-16/h3,7,12-13,15,17H,2,4-6,8-11H2,1H3. The van der Waals surface area contributed by atoms with Crippen LogP contribution < -0.4 is 5.32 Å². The molecule has 4 heteroatoms. The molecule has 1 spiro atoms. The summed E-state index contributed by atoms with van der Waals surface area (Å²) in [7, 11) is 0. The first-order valence-electron chi connectivity index (χ1n) is 7.80. The second-order valence-electron chi connectivity index (χ2n) is 5.99. The molecule has 2 aliphatic rings. The van der Waals surface area contributed by atoms with E-state index in [4.69, 9.17) is 13.9 Å². The molecule has 2 atom stereocenters. The highest BCUT2D eigenvalue weighted by molar-refractivity contribution is 5.14. The van der Waals surface area contributed by atoms with Crippen LogP contribution in [-0.2, 0) is 9.47 Å². The molecule has 1 N–H and O–H groups in total. The van der Waals surface area contributed by atoms with Crippen molar-refractivity contribution in [1.82, 2.24) is 5.32 Å². The fourth-order valence-electron chi connectivity index (χ4n) is 3.67. The summed E-state index contributed by atoms with van der Waals surface area (Å²) in [5.41, 5.74) is 1.32. The van der Waals surface area contributed by atoms with Crippen LogP contribution in [0.2, 0.25) is 0 Å². The van der Waals surface area contributed by atoms with Crippen molar-refractivity contribution in [2.24, 2.45) is 5.92 Å². The zero-order valence-electron chi connectivity index (χ0n) is 12.3. The lowest BCUT2D eigenvalue weighted by atomic mass is 9.76. The summed E-state index contributed by atoms with van der Waals surface area (Å²) >= 11 is 0. The number of nitrogens with one attached hydrogen (secondary N) is 1. The van der Waals surface area contributed by atoms with Crippen molar-refractivity contribution in [1.29, 1.82) is 0 Å². The van der Waals surface area contributed by atoms with E-state index in [1.165, 1.54) is 5.56 Å². The van der Waals surface area contributed by atoms with Crippen molar-refractivity contribution in [3.8, 4) is 0 Å². The second kappa shape index (κ2) is 6.29. The number of hydrogen-bond donors (Lipinski definition) is 1. The van der Waals surface area contributed by atoms with Gasteiger partial charge in [0.25, 0.3) is 0 Å². The maximum absolute atomic E-state index is 6.15. The van der Waals surface area contributed by atoms with Crippen LogP contribution in [0, 0.1) is 5.92 Å². The van der Waals surface area contributed by atoms with Gasteiger partial charge in [-0.2, -0.15) is 0 Å². The van der Waals surface area contributed by atoms with E-state index in [0.29, 0.717) is 12.0 Å². The Labute approximate surface area is 120 Å². The van der Waals surface area contributed by atoms with Gasteiger partial charge in [-0.05, 0) is 44.2 Å². The highest BCUT2D eigenvalue weighted by Gasteiger charge is 2.41. The summed E-state index contributed by atoms with van der Waals surface area (Å²) in [6, 6.07) is 2.46. The highest BCUT2D eigenvalue weighted by atomic mass is 16.5. The van der Waals surface area contributed by atoms with Crippen molar-refractivity contribution in [2.45, 2.75) is 44.2 Å². The molecule has 3 rings (SSSR count). The maximum Gasteiger partial charge on any atom is 0.0950 e. The molecule has 20 heavy (non-hydrogen) atoms. The Morgan fingerprint density at radius 1 is 1.35 bits per heavy atom. The molecule has 0 radical (unpaired) electrons. The predicted molar refractivity (Wildman–Crippen MR) is 76.6 cm³/mol. The lowest BCUT2D eigenvalue weighted by Crippen LogP contribution is -2.46. The maximum atomic E-state index is 6.15. The van der Waals surface area contributed by atoms with E-state index in [1.54, 1.807) is 6.26 Å². The van der Waals surface area contributed by atoms with E-state index < -0.39 is 0 Å². The van der Waals surface area contributed by atoms with Gasteiger partial charge in [-0.15, -0.1) is 0 Å². The van der Waals surface area contributed by atoms with Crippen LogP contribution in [0.3, 0.4) is 0 Å². The Kier molecular flexibility index (Phi) is 4.44. The van der Waals surface area contributed by atoms with E-state index in [-0.39, 0.29) is 5.60 Å². The van der Waals surface area contributed by atoms with Gasteiger partial charge in [0.1, 0.15) is 0 Å². The quantitative estimate of drug-likeness (QED) is 0.920. The summed E-state index contributed by atoms with van der Waals surface area (Å²) in [5.74, 6) is 0.611. The monoisotopic (exact) mass is 279 g/mol. The first-order valence-corrected chi connectivity index (χ1v) is 7.80. The minimum Gasteiger partial charge on any atom is -0.472 e. The molecule has 1 aromatic rings. The molecule has 0 amide bonds. The summed E-state index contributed by atoms with van der Waals surface area (Å²) in [4.78, 5) is 0. The van der Waals surface area contributed by atoms with Crippen LogP contribution in [0.4, 0.5) is 0 Å². The Bertz CT molecular complexity index is 392. The summed E-state index contributed by atoms with van der Waals surface area (Å²) < 4.78 is 16.9. The number of rotatable bonds is 4. The van der Waals surface area contributed by atoms with Gasteiger partial charge in [-0.3, -0.25) is 0 Å². The Balaban J connectivity index is 1.73. The molecular formula is C16H25NO3. The predicted octanol–water partition coefficient (Wildman–Crippen LogP) is 2.91. The SMILES string of the molecule is CCNC(c1ccoc1)C1CCOC2(CCOCC2)C1. The van der Waals surface area contributed by atoms with Crippen LogP contribution in [-0.4, -0.2) is 32.0 Å². The fourth-order valence-corrected chi connectivity index (χ4v) is 3.67. The third-order valence-corrected chi connectivity index (χ3v) is 4.73. The summed E-state index contributed by atoms with van der Waals surface area (Å²) in [6.07, 6.45) is 7.95. The number of hydrogen-bond acceptors (Lipinski definition) is 4. The molecule has 2 aliphatic heterocycles. The minimum atomic E-state index is 0.0541. The minimum absolute atomic E-state index is 0.0541. The van der Waals surface area contributed by atoms with Crippen molar-refractivity contribution in [3.63, 3.8) is 0 Å². The average molecular weight is 279 g/mol. The number of ether oxygens (including phenoxy) is 2. The zero-order valence-corrected chi connectivity index (χ0v) is 12.3. The van der Waals surface area contributed by atoms with Crippen molar-refractivity contribution in [2.75, 3.05) is 26.4 Å². The molecule has 0 aromatic carbocycles. The largest absolute Gasteiger partial charge is 0.472 e. The molecule has 2 saturated heterocycles. The van der Waals surface area contributed by atoms with Gasteiger partial charge in [-0.1, -0.05) is 6.92 Å². The first kappa shape index (κ1) is 14.1. The normalized spacial score (nSPS) is 27.6. The van der Waals surface area contributed by atoms with Gasteiger partial charge >= 0.3 is 0 Å². The van der Waals surface area contributed by atoms with Gasteiger partial charge in [-0.25, -0.2) is 0 Å². The van der Waals surface area contributed by atoms with Crippen LogP contribution >= 0.6 is 0 Å². The molecule has 3 heterocycles. The molecule has 0 saturated carbocycles. The van der Waals surface area contributed by atoms with Crippen LogP contribution in [0.25, 0.3) is 0 Å². The van der Waals surface area contributed by atoms with Crippen LogP contribution in [0.15, 0.2) is 23.0 Å². The lowest BCUT2D eigenvalue weighted by Gasteiger charge is -2.45. The molecule has 0 bridgehead atoms. The van der Waals surface area contributed by atoms with E-state index >= 15 is 0 Å². The molecule has 1 aromatic heterocycles. The van der Waals surface area contributed by atoms with Crippen molar-refractivity contribution >= 4 is 0 Å². The Morgan fingerprint density at radius 2 is 2.20 bits per heavy atom. The Morgan fingerprint density at radius 3 is 2.90 bits per heavy atom. The van der Waals surface area contributed by atoms with Crippen molar-refractivity contribution < 1.29 is 13.9 Å². The van der Waals surface area contributed by atoms with E-state index in [0.717, 1.165) is 52.0 Å². The topological polar surface area (TPSA) is 43.6 Å². The zero-order chi connectivity index (χ0) is 13.8. The molecule has 112 valence electrons. The highest BCUT2D eigenvalue weighted by Crippen LogP contribution is 2.41. The van der Waals surface area contributed by atoms with Gasteiger partial charge < -0.3 is 19.2 Å². The fraction of sp³-hybridized carbons (Fsp3) is 0.750. The third-order valence-electron chi connectivity index (χ3n) is 4.73. The Hall–Kier alpha value is -0.840. The van der Waals surface area contributed by atoms with Gasteiger partial charge in [0.2, 0.25) is 0 Å².